The molecule has 0 aliphatic carbocycles. The second kappa shape index (κ2) is 5.89. The molecule has 0 radical (unpaired) electrons. The molecule has 0 aliphatic heterocycles. The number of ether oxygens (including phenoxy) is 1. The minimum absolute atomic E-state index is 0.377. The quantitative estimate of drug-likeness (QED) is 0.751. The van der Waals surface area contributed by atoms with Gasteiger partial charge in [-0.15, -0.1) is 0 Å². The number of methoxy groups -OCH3 is 1. The van der Waals surface area contributed by atoms with Gasteiger partial charge in [0.05, 0.1) is 13.0 Å². The van der Waals surface area contributed by atoms with Gasteiger partial charge in [0.2, 0.25) is 11.8 Å². The first kappa shape index (κ1) is 12.2. The average molecular weight is 225 g/mol. The van der Waals surface area contributed by atoms with Gasteiger partial charge in [0, 0.05) is 18.8 Å². The largest absolute Gasteiger partial charge is 0.481 e. The van der Waals surface area contributed by atoms with Gasteiger partial charge in [-0.2, -0.15) is 4.98 Å². The highest BCUT2D eigenvalue weighted by Gasteiger charge is 2.10. The van der Waals surface area contributed by atoms with Crippen LogP contribution in [0.15, 0.2) is 12.3 Å². The van der Waals surface area contributed by atoms with Gasteiger partial charge in [-0.25, -0.2) is 4.98 Å². The number of hydrogen-bond acceptors (Lipinski definition) is 5. The molecule has 0 spiro atoms. The maximum Gasteiger partial charge on any atom is 0.306 e. The van der Waals surface area contributed by atoms with Crippen molar-refractivity contribution in [1.29, 1.82) is 0 Å². The molecule has 6 nitrogen and oxygen atoms in total. The Labute approximate surface area is 93.7 Å². The van der Waals surface area contributed by atoms with Crippen LogP contribution in [0.2, 0.25) is 0 Å². The number of rotatable bonds is 6. The van der Waals surface area contributed by atoms with Crippen LogP contribution in [0.3, 0.4) is 0 Å². The molecular formula is C10H15N3O3. The summed E-state index contributed by atoms with van der Waals surface area (Å²) < 4.78 is 4.94. The smallest absolute Gasteiger partial charge is 0.306 e. The van der Waals surface area contributed by atoms with Crippen LogP contribution >= 0.6 is 0 Å². The highest BCUT2D eigenvalue weighted by Crippen LogP contribution is 2.08. The van der Waals surface area contributed by atoms with Crippen molar-refractivity contribution in [2.45, 2.75) is 13.3 Å². The number of hydrogen-bond donors (Lipinski definition) is 2. The molecule has 88 valence electrons. The number of carbonyl (C=O) groups is 1. The molecule has 0 bridgehead atoms. The Morgan fingerprint density at radius 2 is 2.44 bits per heavy atom. The number of aliphatic carboxylic acids is 1. The van der Waals surface area contributed by atoms with Gasteiger partial charge >= 0.3 is 5.97 Å². The lowest BCUT2D eigenvalue weighted by atomic mass is 10.1. The molecule has 1 atom stereocenters. The minimum atomic E-state index is -0.798. The van der Waals surface area contributed by atoms with Gasteiger partial charge in [0.1, 0.15) is 0 Å². The molecule has 16 heavy (non-hydrogen) atoms. The molecule has 0 saturated heterocycles. The maximum atomic E-state index is 10.6. The normalized spacial score (nSPS) is 11.9. The van der Waals surface area contributed by atoms with Gasteiger partial charge in [-0.3, -0.25) is 4.79 Å². The zero-order valence-electron chi connectivity index (χ0n) is 9.30. The summed E-state index contributed by atoms with van der Waals surface area (Å²) in [4.78, 5) is 18.6. The van der Waals surface area contributed by atoms with Gasteiger partial charge in [-0.05, 0) is 6.42 Å². The molecule has 1 rings (SSSR count). The van der Waals surface area contributed by atoms with Gasteiger partial charge in [0.25, 0.3) is 0 Å². The van der Waals surface area contributed by atoms with E-state index in [1.807, 2.05) is 0 Å². The molecule has 0 aromatic carbocycles. The van der Waals surface area contributed by atoms with Crippen LogP contribution in [0, 0.1) is 5.92 Å². The van der Waals surface area contributed by atoms with Crippen LogP contribution in [0.4, 0.5) is 5.95 Å². The molecule has 0 saturated carbocycles. The average Bonchev–Trinajstić information content (AvgIpc) is 2.29. The summed E-state index contributed by atoms with van der Waals surface area (Å²) >= 11 is 0. The zero-order valence-corrected chi connectivity index (χ0v) is 9.30. The topological polar surface area (TPSA) is 84.3 Å². The fourth-order valence-electron chi connectivity index (χ4n) is 1.06. The molecule has 1 aromatic heterocycles. The molecule has 0 amide bonds. The molecule has 0 aliphatic rings. The van der Waals surface area contributed by atoms with E-state index in [2.05, 4.69) is 15.3 Å². The van der Waals surface area contributed by atoms with E-state index in [0.717, 1.165) is 0 Å². The lowest BCUT2D eigenvalue weighted by Gasteiger charge is -2.07. The molecular weight excluding hydrogens is 210 g/mol. The summed E-state index contributed by atoms with van der Waals surface area (Å²) in [6.45, 7) is 2.18. The summed E-state index contributed by atoms with van der Waals surface area (Å²) in [5.74, 6) is -0.257. The Kier molecular flexibility index (Phi) is 4.50. The van der Waals surface area contributed by atoms with E-state index in [1.54, 1.807) is 19.2 Å². The van der Waals surface area contributed by atoms with E-state index in [9.17, 15) is 4.79 Å². The van der Waals surface area contributed by atoms with Gasteiger partial charge in [-0.1, -0.05) is 6.92 Å². The molecule has 2 N–H and O–H groups in total. The zero-order chi connectivity index (χ0) is 12.0. The van der Waals surface area contributed by atoms with Crippen LogP contribution < -0.4 is 10.1 Å². The Morgan fingerprint density at radius 1 is 1.69 bits per heavy atom. The summed E-state index contributed by atoms with van der Waals surface area (Å²) in [6, 6.07) is 1.64. The molecule has 0 fully saturated rings. The van der Waals surface area contributed by atoms with Crippen molar-refractivity contribution in [2.75, 3.05) is 19.0 Å². The van der Waals surface area contributed by atoms with Crippen molar-refractivity contribution in [3.8, 4) is 5.88 Å². The summed E-state index contributed by atoms with van der Waals surface area (Å²) in [7, 11) is 1.53. The van der Waals surface area contributed by atoms with E-state index < -0.39 is 5.97 Å². The second-order valence-corrected chi connectivity index (χ2v) is 3.38. The second-order valence-electron chi connectivity index (χ2n) is 3.38. The molecule has 1 heterocycles. The number of nitrogens with zero attached hydrogens (tertiary/aromatic N) is 2. The highest BCUT2D eigenvalue weighted by molar-refractivity contribution is 5.69. The van der Waals surface area contributed by atoms with E-state index in [0.29, 0.717) is 24.8 Å². The van der Waals surface area contributed by atoms with Gasteiger partial charge < -0.3 is 15.2 Å². The van der Waals surface area contributed by atoms with E-state index in [4.69, 9.17) is 9.84 Å². The first-order valence-corrected chi connectivity index (χ1v) is 4.97. The van der Waals surface area contributed by atoms with Crippen LogP contribution in [-0.2, 0) is 4.79 Å². The Balaban J connectivity index is 2.39. The Bertz CT molecular complexity index is 357. The SMILES string of the molecule is COc1ccnc(NCCC(C)C(=O)O)n1. The van der Waals surface area contributed by atoms with E-state index in [1.165, 1.54) is 7.11 Å². The summed E-state index contributed by atoms with van der Waals surface area (Å²) in [5, 5.41) is 11.6. The third-order valence-electron chi connectivity index (χ3n) is 2.12. The number of anilines is 1. The lowest BCUT2D eigenvalue weighted by molar-refractivity contribution is -0.141. The fourth-order valence-corrected chi connectivity index (χ4v) is 1.06. The van der Waals surface area contributed by atoms with Crippen molar-refractivity contribution >= 4 is 11.9 Å². The van der Waals surface area contributed by atoms with Crippen LogP contribution in [0.5, 0.6) is 5.88 Å². The molecule has 6 heteroatoms. The van der Waals surface area contributed by atoms with Crippen LogP contribution in [-0.4, -0.2) is 34.7 Å². The highest BCUT2D eigenvalue weighted by atomic mass is 16.5. The van der Waals surface area contributed by atoms with Crippen molar-refractivity contribution in [3.63, 3.8) is 0 Å². The van der Waals surface area contributed by atoms with Crippen molar-refractivity contribution < 1.29 is 14.6 Å². The Hall–Kier alpha value is -1.85. The third kappa shape index (κ3) is 3.72. The predicted octanol–water partition coefficient (Wildman–Crippen LogP) is 1.01. The maximum absolute atomic E-state index is 10.6. The van der Waals surface area contributed by atoms with Gasteiger partial charge in [0.15, 0.2) is 0 Å². The summed E-state index contributed by atoms with van der Waals surface area (Å²) in [5.41, 5.74) is 0. The first-order chi connectivity index (χ1) is 7.63. The third-order valence-corrected chi connectivity index (χ3v) is 2.12. The van der Waals surface area contributed by atoms with Crippen molar-refractivity contribution in [2.24, 2.45) is 5.92 Å². The number of nitrogens with one attached hydrogen (secondary N) is 1. The standard InChI is InChI=1S/C10H15N3O3/c1-7(9(14)15)3-5-11-10-12-6-4-8(13-10)16-2/h4,6-7H,3,5H2,1-2H3,(H,14,15)(H,11,12,13). The van der Waals surface area contributed by atoms with Crippen molar-refractivity contribution in [3.05, 3.63) is 12.3 Å². The fraction of sp³-hybridized carbons (Fsp3) is 0.500. The molecule has 1 unspecified atom stereocenters. The summed E-state index contributed by atoms with van der Waals surface area (Å²) in [6.07, 6.45) is 2.10. The van der Waals surface area contributed by atoms with E-state index in [-0.39, 0.29) is 5.92 Å². The minimum Gasteiger partial charge on any atom is -0.481 e. The van der Waals surface area contributed by atoms with Crippen LogP contribution in [0.1, 0.15) is 13.3 Å². The first-order valence-electron chi connectivity index (χ1n) is 4.97. The Morgan fingerprint density at radius 3 is 3.06 bits per heavy atom. The number of carboxylic acids is 1. The molecule has 1 aromatic rings. The monoisotopic (exact) mass is 225 g/mol. The number of aromatic nitrogens is 2. The predicted molar refractivity (Wildman–Crippen MR) is 58.5 cm³/mol. The lowest BCUT2D eigenvalue weighted by Crippen LogP contribution is -2.15. The number of carboxylic acid groups (broad SMARTS) is 1. The van der Waals surface area contributed by atoms with Crippen LogP contribution in [0.25, 0.3) is 0 Å². The van der Waals surface area contributed by atoms with E-state index >= 15 is 0 Å². The van der Waals surface area contributed by atoms with Crippen molar-refractivity contribution in [1.82, 2.24) is 9.97 Å².